The fourth-order valence-corrected chi connectivity index (χ4v) is 3.28. The highest BCUT2D eigenvalue weighted by atomic mass is 35.5. The van der Waals surface area contributed by atoms with Gasteiger partial charge in [-0.25, -0.2) is 9.69 Å². The molecule has 0 bridgehead atoms. The Hall–Kier alpha value is -2.12. The molecule has 1 aromatic rings. The molecule has 2 aliphatic rings. The molecule has 1 spiro atoms. The van der Waals surface area contributed by atoms with E-state index in [1.807, 2.05) is 0 Å². The number of rotatable bonds is 3. The molecule has 2 amide bonds. The number of carbonyl (C=O) groups is 3. The Morgan fingerprint density at radius 2 is 1.96 bits per heavy atom. The number of esters is 1. The third-order valence-electron chi connectivity index (χ3n) is 3.81. The van der Waals surface area contributed by atoms with Gasteiger partial charge in [-0.05, 0) is 25.1 Å². The van der Waals surface area contributed by atoms with Crippen LogP contribution in [-0.2, 0) is 19.1 Å². The van der Waals surface area contributed by atoms with E-state index in [0.29, 0.717) is 10.0 Å². The third-order valence-corrected chi connectivity index (χ3v) is 4.24. The van der Waals surface area contributed by atoms with Gasteiger partial charge in [0.1, 0.15) is 11.3 Å². The minimum atomic E-state index is -1.27. The molecule has 0 aliphatic carbocycles. The Labute approximate surface area is 147 Å². The van der Waals surface area contributed by atoms with Crippen LogP contribution in [0, 0.1) is 0 Å². The maximum Gasteiger partial charge on any atom is 0.354 e. The standard InChI is InChI=1S/C15H13Cl2N3O4/c1-2-24-13(22)11-6-15(19-18-11)7-12(21)20(14(15)23)10-4-8(16)3-9(17)5-10/h3-5,19H,2,6-7H2,1H3/t15-/m1/s1. The number of halogens is 2. The van der Waals surface area contributed by atoms with Crippen molar-refractivity contribution >= 4 is 52.4 Å². The van der Waals surface area contributed by atoms with Gasteiger partial charge in [0.15, 0.2) is 0 Å². The van der Waals surface area contributed by atoms with Crippen LogP contribution in [0.4, 0.5) is 5.69 Å². The van der Waals surface area contributed by atoms with E-state index in [9.17, 15) is 14.4 Å². The summed E-state index contributed by atoms with van der Waals surface area (Å²) in [5.74, 6) is -1.54. The first-order chi connectivity index (χ1) is 11.4. The average molecular weight is 370 g/mol. The SMILES string of the molecule is CCOC(=O)C1=NN[C@@]2(CC(=O)N(c3cc(Cl)cc(Cl)c3)C2=O)C1. The molecule has 1 saturated heterocycles. The summed E-state index contributed by atoms with van der Waals surface area (Å²) in [4.78, 5) is 38.0. The van der Waals surface area contributed by atoms with Gasteiger partial charge in [-0.15, -0.1) is 0 Å². The molecule has 1 N–H and O–H groups in total. The van der Waals surface area contributed by atoms with Gasteiger partial charge in [-0.1, -0.05) is 23.2 Å². The number of hydrazone groups is 1. The van der Waals surface area contributed by atoms with Crippen molar-refractivity contribution in [2.45, 2.75) is 25.3 Å². The maximum absolute atomic E-state index is 12.8. The Morgan fingerprint density at radius 1 is 1.29 bits per heavy atom. The van der Waals surface area contributed by atoms with Gasteiger partial charge in [0.25, 0.3) is 5.91 Å². The van der Waals surface area contributed by atoms with Gasteiger partial charge >= 0.3 is 5.97 Å². The van der Waals surface area contributed by atoms with Crippen molar-refractivity contribution in [2.75, 3.05) is 11.5 Å². The monoisotopic (exact) mass is 369 g/mol. The molecular formula is C15H13Cl2N3O4. The van der Waals surface area contributed by atoms with E-state index < -0.39 is 23.3 Å². The lowest BCUT2D eigenvalue weighted by Crippen LogP contribution is -2.47. The summed E-state index contributed by atoms with van der Waals surface area (Å²) >= 11 is 11.9. The highest BCUT2D eigenvalue weighted by molar-refractivity contribution is 6.39. The van der Waals surface area contributed by atoms with Crippen LogP contribution >= 0.6 is 23.2 Å². The van der Waals surface area contributed by atoms with Gasteiger partial charge in [-0.3, -0.25) is 15.0 Å². The zero-order valence-corrected chi connectivity index (χ0v) is 14.1. The van der Waals surface area contributed by atoms with Crippen LogP contribution in [0.25, 0.3) is 0 Å². The van der Waals surface area contributed by atoms with Crippen molar-refractivity contribution in [1.82, 2.24) is 5.43 Å². The average Bonchev–Trinajstić information content (AvgIpc) is 3.01. The number of nitrogens with one attached hydrogen (secondary N) is 1. The van der Waals surface area contributed by atoms with Crippen molar-refractivity contribution in [3.05, 3.63) is 28.2 Å². The van der Waals surface area contributed by atoms with E-state index in [1.165, 1.54) is 18.2 Å². The fraction of sp³-hybridized carbons (Fsp3) is 0.333. The Morgan fingerprint density at radius 3 is 2.58 bits per heavy atom. The maximum atomic E-state index is 12.8. The van der Waals surface area contributed by atoms with E-state index >= 15 is 0 Å². The summed E-state index contributed by atoms with van der Waals surface area (Å²) in [5, 5.41) is 4.49. The second kappa shape index (κ2) is 6.07. The number of benzene rings is 1. The molecule has 0 radical (unpaired) electrons. The lowest BCUT2D eigenvalue weighted by molar-refractivity contribution is -0.135. The van der Waals surface area contributed by atoms with Gasteiger partial charge in [0.2, 0.25) is 5.91 Å². The summed E-state index contributed by atoms with van der Waals surface area (Å²) in [6.07, 6.45) is -0.135. The number of ether oxygens (including phenoxy) is 1. The molecular weight excluding hydrogens is 357 g/mol. The van der Waals surface area contributed by atoms with E-state index in [2.05, 4.69) is 10.5 Å². The summed E-state index contributed by atoms with van der Waals surface area (Å²) in [7, 11) is 0. The van der Waals surface area contributed by atoms with Crippen molar-refractivity contribution in [1.29, 1.82) is 0 Å². The number of imide groups is 1. The van der Waals surface area contributed by atoms with E-state index in [1.54, 1.807) is 6.92 Å². The van der Waals surface area contributed by atoms with Crippen LogP contribution in [0.5, 0.6) is 0 Å². The second-order valence-corrected chi connectivity index (χ2v) is 6.36. The molecule has 1 aromatic carbocycles. The number of anilines is 1. The summed E-state index contributed by atoms with van der Waals surface area (Å²) < 4.78 is 4.88. The third kappa shape index (κ3) is 2.74. The van der Waals surface area contributed by atoms with Crippen molar-refractivity contribution in [3.8, 4) is 0 Å². The number of amides is 2. The minimum Gasteiger partial charge on any atom is -0.461 e. The van der Waals surface area contributed by atoms with Gasteiger partial charge < -0.3 is 4.74 Å². The van der Waals surface area contributed by atoms with Crippen LogP contribution in [0.1, 0.15) is 19.8 Å². The lowest BCUT2D eigenvalue weighted by atomic mass is 9.93. The van der Waals surface area contributed by atoms with Crippen LogP contribution in [0.2, 0.25) is 10.0 Å². The van der Waals surface area contributed by atoms with Gasteiger partial charge in [0, 0.05) is 16.5 Å². The largest absolute Gasteiger partial charge is 0.461 e. The lowest BCUT2D eigenvalue weighted by Gasteiger charge is -2.21. The van der Waals surface area contributed by atoms with Crippen molar-refractivity contribution in [3.63, 3.8) is 0 Å². The molecule has 0 unspecified atom stereocenters. The molecule has 3 rings (SSSR count). The number of nitrogens with zero attached hydrogens (tertiary/aromatic N) is 2. The molecule has 7 nitrogen and oxygen atoms in total. The number of hydrogen-bond donors (Lipinski definition) is 1. The van der Waals surface area contributed by atoms with Crippen LogP contribution in [0.3, 0.4) is 0 Å². The molecule has 0 saturated carbocycles. The Balaban J connectivity index is 1.87. The van der Waals surface area contributed by atoms with Crippen molar-refractivity contribution < 1.29 is 19.1 Å². The molecule has 24 heavy (non-hydrogen) atoms. The van der Waals surface area contributed by atoms with E-state index in [4.69, 9.17) is 27.9 Å². The highest BCUT2D eigenvalue weighted by Gasteiger charge is 2.56. The van der Waals surface area contributed by atoms with E-state index in [-0.39, 0.29) is 30.8 Å². The Bertz CT molecular complexity index is 760. The predicted octanol–water partition coefficient (Wildman–Crippen LogP) is 1.91. The molecule has 2 heterocycles. The van der Waals surface area contributed by atoms with Crippen LogP contribution in [0.15, 0.2) is 23.3 Å². The van der Waals surface area contributed by atoms with Crippen LogP contribution in [-0.4, -0.2) is 35.6 Å². The first kappa shape index (κ1) is 16.7. The summed E-state index contributed by atoms with van der Waals surface area (Å²) in [5.41, 5.74) is 1.74. The molecule has 126 valence electrons. The molecule has 0 aromatic heterocycles. The van der Waals surface area contributed by atoms with Crippen molar-refractivity contribution in [2.24, 2.45) is 5.10 Å². The predicted molar refractivity (Wildman–Crippen MR) is 88.1 cm³/mol. The Kier molecular flexibility index (Phi) is 4.23. The molecule has 2 aliphatic heterocycles. The zero-order chi connectivity index (χ0) is 17.5. The fourth-order valence-electron chi connectivity index (χ4n) is 2.77. The first-order valence-corrected chi connectivity index (χ1v) is 7.96. The first-order valence-electron chi connectivity index (χ1n) is 7.20. The quantitative estimate of drug-likeness (QED) is 0.649. The molecule has 1 fully saturated rings. The molecule has 9 heteroatoms. The minimum absolute atomic E-state index is 0.0127. The van der Waals surface area contributed by atoms with Crippen LogP contribution < -0.4 is 10.3 Å². The van der Waals surface area contributed by atoms with Gasteiger partial charge in [0.05, 0.1) is 18.7 Å². The smallest absolute Gasteiger partial charge is 0.354 e. The molecule has 1 atom stereocenters. The second-order valence-electron chi connectivity index (χ2n) is 5.49. The number of hydrogen-bond acceptors (Lipinski definition) is 6. The zero-order valence-electron chi connectivity index (χ0n) is 12.6. The van der Waals surface area contributed by atoms with Gasteiger partial charge in [-0.2, -0.15) is 5.10 Å². The summed E-state index contributed by atoms with van der Waals surface area (Å²) in [6, 6.07) is 4.46. The highest BCUT2D eigenvalue weighted by Crippen LogP contribution is 2.36. The number of carbonyl (C=O) groups excluding carboxylic acids is 3. The summed E-state index contributed by atoms with van der Waals surface area (Å²) in [6.45, 7) is 1.87. The normalized spacial score (nSPS) is 22.8. The van der Waals surface area contributed by atoms with E-state index in [0.717, 1.165) is 4.90 Å². The topological polar surface area (TPSA) is 88.1 Å².